The van der Waals surface area contributed by atoms with Gasteiger partial charge in [-0.1, -0.05) is 6.07 Å². The molecule has 0 bridgehead atoms. The van der Waals surface area contributed by atoms with Crippen molar-refractivity contribution in [1.29, 1.82) is 0 Å². The topological polar surface area (TPSA) is 83.5 Å². The van der Waals surface area contributed by atoms with Crippen molar-refractivity contribution in [3.8, 4) is 0 Å². The van der Waals surface area contributed by atoms with E-state index in [0.717, 1.165) is 19.3 Å². The van der Waals surface area contributed by atoms with Gasteiger partial charge in [0, 0.05) is 5.54 Å². The summed E-state index contributed by atoms with van der Waals surface area (Å²) in [5.74, 6) is -1.13. The predicted octanol–water partition coefficient (Wildman–Crippen LogP) is 1.91. The first-order chi connectivity index (χ1) is 8.73. The molecule has 1 aliphatic rings. The van der Waals surface area contributed by atoms with Crippen molar-refractivity contribution in [3.63, 3.8) is 0 Å². The molecule has 0 spiro atoms. The minimum Gasteiger partial charge on any atom is -0.478 e. The first-order valence-electron chi connectivity index (χ1n) is 6.11. The average Bonchev–Trinajstić information content (AvgIpc) is 2.26. The van der Waals surface area contributed by atoms with Crippen molar-refractivity contribution in [2.45, 2.75) is 43.5 Å². The smallest absolute Gasteiger partial charge is 0.335 e. The van der Waals surface area contributed by atoms with Gasteiger partial charge in [0.15, 0.2) is 0 Å². The number of rotatable bonds is 4. The number of sulfonamides is 1. The van der Waals surface area contributed by atoms with Gasteiger partial charge in [-0.2, -0.15) is 0 Å². The number of hydrogen-bond donors (Lipinski definition) is 2. The van der Waals surface area contributed by atoms with Crippen molar-refractivity contribution < 1.29 is 18.3 Å². The summed E-state index contributed by atoms with van der Waals surface area (Å²) in [6, 6.07) is 4.13. The molecule has 1 saturated carbocycles. The number of benzene rings is 1. The van der Waals surface area contributed by atoms with Gasteiger partial charge in [0.1, 0.15) is 0 Å². The molecule has 1 aromatic carbocycles. The van der Waals surface area contributed by atoms with Crippen molar-refractivity contribution >= 4 is 16.0 Å². The molecule has 1 fully saturated rings. The van der Waals surface area contributed by atoms with Gasteiger partial charge < -0.3 is 5.11 Å². The summed E-state index contributed by atoms with van der Waals surface area (Å²) in [5.41, 5.74) is 0.120. The fourth-order valence-electron chi connectivity index (χ4n) is 2.21. The minimum atomic E-state index is -3.68. The van der Waals surface area contributed by atoms with Crippen LogP contribution in [0.5, 0.6) is 0 Å². The highest BCUT2D eigenvalue weighted by molar-refractivity contribution is 7.89. The SMILES string of the molecule is Cc1ccc(C(=O)O)cc1S(=O)(=O)NC1(C)CCC1. The molecule has 0 aliphatic heterocycles. The predicted molar refractivity (Wildman–Crippen MR) is 70.7 cm³/mol. The van der Waals surface area contributed by atoms with E-state index < -0.39 is 21.5 Å². The average molecular weight is 283 g/mol. The van der Waals surface area contributed by atoms with Crippen LogP contribution in [0, 0.1) is 6.92 Å². The normalized spacial score (nSPS) is 17.8. The van der Waals surface area contributed by atoms with Gasteiger partial charge in [-0.3, -0.25) is 0 Å². The number of aryl methyl sites for hydroxylation is 1. The van der Waals surface area contributed by atoms with Gasteiger partial charge in [-0.05, 0) is 50.8 Å². The molecule has 2 rings (SSSR count). The number of carboxylic acids is 1. The zero-order valence-electron chi connectivity index (χ0n) is 10.9. The lowest BCUT2D eigenvalue weighted by Crippen LogP contribution is -2.50. The fraction of sp³-hybridized carbons (Fsp3) is 0.462. The molecular weight excluding hydrogens is 266 g/mol. The molecule has 19 heavy (non-hydrogen) atoms. The third kappa shape index (κ3) is 2.79. The van der Waals surface area contributed by atoms with Crippen LogP contribution in [0.1, 0.15) is 42.1 Å². The van der Waals surface area contributed by atoms with E-state index in [9.17, 15) is 13.2 Å². The Labute approximate surface area is 112 Å². The fourth-order valence-corrected chi connectivity index (χ4v) is 3.95. The standard InChI is InChI=1S/C13H17NO4S/c1-9-4-5-10(12(15)16)8-11(9)19(17,18)14-13(2)6-3-7-13/h4-5,8,14H,3,6-7H2,1-2H3,(H,15,16). The zero-order valence-corrected chi connectivity index (χ0v) is 11.8. The summed E-state index contributed by atoms with van der Waals surface area (Å²) < 4.78 is 27.3. The molecule has 0 aromatic heterocycles. The van der Waals surface area contributed by atoms with Crippen molar-refractivity contribution in [2.24, 2.45) is 0 Å². The number of nitrogens with one attached hydrogen (secondary N) is 1. The van der Waals surface area contributed by atoms with Gasteiger partial charge in [-0.15, -0.1) is 0 Å². The van der Waals surface area contributed by atoms with E-state index in [1.807, 2.05) is 6.92 Å². The molecule has 0 amide bonds. The monoisotopic (exact) mass is 283 g/mol. The van der Waals surface area contributed by atoms with Crippen LogP contribution in [-0.2, 0) is 10.0 Å². The lowest BCUT2D eigenvalue weighted by molar-refractivity contribution is 0.0696. The largest absolute Gasteiger partial charge is 0.478 e. The molecule has 1 aliphatic carbocycles. The quantitative estimate of drug-likeness (QED) is 0.884. The molecule has 0 saturated heterocycles. The van der Waals surface area contributed by atoms with Crippen LogP contribution in [0.25, 0.3) is 0 Å². The van der Waals surface area contributed by atoms with Crippen LogP contribution in [0.15, 0.2) is 23.1 Å². The number of carbonyl (C=O) groups is 1. The molecule has 1 aromatic rings. The lowest BCUT2D eigenvalue weighted by Gasteiger charge is -2.38. The van der Waals surface area contributed by atoms with E-state index in [1.165, 1.54) is 18.2 Å². The molecule has 5 nitrogen and oxygen atoms in total. The molecule has 0 unspecified atom stereocenters. The van der Waals surface area contributed by atoms with E-state index in [1.54, 1.807) is 6.92 Å². The van der Waals surface area contributed by atoms with Crippen LogP contribution < -0.4 is 4.72 Å². The highest BCUT2D eigenvalue weighted by atomic mass is 32.2. The third-order valence-corrected chi connectivity index (χ3v) is 5.34. The van der Waals surface area contributed by atoms with Gasteiger partial charge in [-0.25, -0.2) is 17.9 Å². The summed E-state index contributed by atoms with van der Waals surface area (Å²) >= 11 is 0. The van der Waals surface area contributed by atoms with Gasteiger partial charge in [0.2, 0.25) is 10.0 Å². The van der Waals surface area contributed by atoms with Crippen LogP contribution in [0.2, 0.25) is 0 Å². The summed E-state index contributed by atoms with van der Waals surface area (Å²) in [4.78, 5) is 11.0. The summed E-state index contributed by atoms with van der Waals surface area (Å²) in [6.07, 6.45) is 2.63. The number of hydrogen-bond acceptors (Lipinski definition) is 3. The molecule has 104 valence electrons. The second-order valence-electron chi connectivity index (χ2n) is 5.31. The maximum atomic E-state index is 12.3. The maximum absolute atomic E-state index is 12.3. The Morgan fingerprint density at radius 1 is 1.37 bits per heavy atom. The highest BCUT2D eigenvalue weighted by Gasteiger charge is 2.36. The van der Waals surface area contributed by atoms with Crippen LogP contribution in [0.3, 0.4) is 0 Å². The van der Waals surface area contributed by atoms with E-state index >= 15 is 0 Å². The minimum absolute atomic E-state index is 0.0234. The molecule has 0 radical (unpaired) electrons. The summed E-state index contributed by atoms with van der Waals surface area (Å²) in [5, 5.41) is 8.94. The van der Waals surface area contributed by atoms with E-state index in [4.69, 9.17) is 5.11 Å². The second kappa shape index (κ2) is 4.61. The Balaban J connectivity index is 2.39. The van der Waals surface area contributed by atoms with Gasteiger partial charge in [0.05, 0.1) is 10.5 Å². The van der Waals surface area contributed by atoms with Crippen LogP contribution in [0.4, 0.5) is 0 Å². The third-order valence-electron chi connectivity index (χ3n) is 3.56. The summed E-state index contributed by atoms with van der Waals surface area (Å²) in [6.45, 7) is 3.52. The van der Waals surface area contributed by atoms with Crippen LogP contribution >= 0.6 is 0 Å². The molecule has 2 N–H and O–H groups in total. The Hall–Kier alpha value is -1.40. The Bertz CT molecular complexity index is 618. The molecular formula is C13H17NO4S. The number of carboxylic acid groups (broad SMARTS) is 1. The first-order valence-corrected chi connectivity index (χ1v) is 7.60. The molecule has 6 heteroatoms. The molecule has 0 atom stereocenters. The van der Waals surface area contributed by atoms with Crippen LogP contribution in [-0.4, -0.2) is 25.0 Å². The highest BCUT2D eigenvalue weighted by Crippen LogP contribution is 2.33. The Morgan fingerprint density at radius 2 is 2.00 bits per heavy atom. The van der Waals surface area contributed by atoms with Gasteiger partial charge in [0.25, 0.3) is 0 Å². The van der Waals surface area contributed by atoms with E-state index in [2.05, 4.69) is 4.72 Å². The first kappa shape index (κ1) is 14.0. The number of aromatic carboxylic acids is 1. The van der Waals surface area contributed by atoms with Crippen molar-refractivity contribution in [1.82, 2.24) is 4.72 Å². The Morgan fingerprint density at radius 3 is 2.47 bits per heavy atom. The summed E-state index contributed by atoms with van der Waals surface area (Å²) in [7, 11) is -3.68. The Kier molecular flexibility index (Phi) is 3.40. The lowest BCUT2D eigenvalue weighted by atomic mass is 9.80. The van der Waals surface area contributed by atoms with E-state index in [-0.39, 0.29) is 10.5 Å². The molecule has 0 heterocycles. The van der Waals surface area contributed by atoms with E-state index in [0.29, 0.717) is 5.56 Å². The maximum Gasteiger partial charge on any atom is 0.335 e. The van der Waals surface area contributed by atoms with Crippen molar-refractivity contribution in [3.05, 3.63) is 29.3 Å². The second-order valence-corrected chi connectivity index (χ2v) is 6.96. The van der Waals surface area contributed by atoms with Crippen molar-refractivity contribution in [2.75, 3.05) is 0 Å². The zero-order chi connectivity index (χ0) is 14.3. The van der Waals surface area contributed by atoms with Gasteiger partial charge >= 0.3 is 5.97 Å².